The first kappa shape index (κ1) is 16.1. The smallest absolute Gasteiger partial charge is 0.334 e. The van der Waals surface area contributed by atoms with Gasteiger partial charge in [-0.15, -0.1) is 0 Å². The van der Waals surface area contributed by atoms with Crippen LogP contribution in [0.1, 0.15) is 18.1 Å². The van der Waals surface area contributed by atoms with Crippen molar-refractivity contribution in [1.82, 2.24) is 0 Å². The summed E-state index contributed by atoms with van der Waals surface area (Å²) in [5.41, 5.74) is 1.80. The molecular formula is C19H19NO4. The third kappa shape index (κ3) is 3.40. The Labute approximate surface area is 140 Å². The average molecular weight is 325 g/mol. The molecule has 5 nitrogen and oxygen atoms in total. The van der Waals surface area contributed by atoms with E-state index in [1.54, 1.807) is 6.92 Å². The Balaban J connectivity index is 1.81. The van der Waals surface area contributed by atoms with Gasteiger partial charge in [-0.2, -0.15) is 0 Å². The molecule has 5 heteroatoms. The first-order valence-electron chi connectivity index (χ1n) is 7.77. The van der Waals surface area contributed by atoms with E-state index in [1.807, 2.05) is 54.6 Å². The van der Waals surface area contributed by atoms with Gasteiger partial charge in [0.2, 0.25) is 5.90 Å². The third-order valence-electron chi connectivity index (χ3n) is 3.80. The van der Waals surface area contributed by atoms with Crippen molar-refractivity contribution in [3.8, 4) is 5.75 Å². The number of nitrogens with zero attached hydrogens (tertiary/aromatic N) is 1. The molecule has 1 heterocycles. The molecule has 0 unspecified atom stereocenters. The summed E-state index contributed by atoms with van der Waals surface area (Å²) in [6, 6.07) is 16.8. The molecule has 0 saturated heterocycles. The Kier molecular flexibility index (Phi) is 4.79. The Hall–Kier alpha value is -2.82. The number of esters is 1. The minimum atomic E-state index is -0.646. The van der Waals surface area contributed by atoms with Crippen LogP contribution < -0.4 is 4.74 Å². The number of hydrogen-bond acceptors (Lipinski definition) is 5. The lowest BCUT2D eigenvalue weighted by Crippen LogP contribution is -2.28. The van der Waals surface area contributed by atoms with Gasteiger partial charge in [-0.05, 0) is 24.6 Å². The predicted octanol–water partition coefficient (Wildman–Crippen LogP) is 2.97. The van der Waals surface area contributed by atoms with Crippen LogP contribution in [0.5, 0.6) is 5.75 Å². The van der Waals surface area contributed by atoms with Crippen molar-refractivity contribution in [3.05, 3.63) is 65.7 Å². The molecule has 0 spiro atoms. The number of para-hydroxylation sites is 1. The fraction of sp³-hybridized carbons (Fsp3) is 0.263. The van der Waals surface area contributed by atoms with Gasteiger partial charge in [0.15, 0.2) is 6.04 Å². The van der Waals surface area contributed by atoms with Crippen molar-refractivity contribution in [2.24, 2.45) is 4.99 Å². The van der Waals surface area contributed by atoms with E-state index in [4.69, 9.17) is 14.2 Å². The number of rotatable bonds is 5. The number of aliphatic imine (C=N–C) groups is 1. The number of benzene rings is 2. The number of hydrogen-bond donors (Lipinski definition) is 0. The largest absolute Gasteiger partial charge is 0.488 e. The second-order valence-electron chi connectivity index (χ2n) is 5.50. The number of carbonyl (C=O) groups is 1. The fourth-order valence-electron chi connectivity index (χ4n) is 2.50. The van der Waals surface area contributed by atoms with Crippen LogP contribution in [-0.2, 0) is 20.9 Å². The van der Waals surface area contributed by atoms with Crippen LogP contribution in [0.2, 0.25) is 0 Å². The van der Waals surface area contributed by atoms with Gasteiger partial charge in [-0.25, -0.2) is 9.79 Å². The van der Waals surface area contributed by atoms with Crippen molar-refractivity contribution < 1.29 is 19.0 Å². The molecule has 0 aliphatic carbocycles. The molecule has 0 N–H and O–H groups in total. The normalized spacial score (nSPS) is 19.3. The Morgan fingerprint density at radius 1 is 1.12 bits per heavy atom. The minimum Gasteiger partial charge on any atom is -0.488 e. The maximum absolute atomic E-state index is 11.8. The summed E-state index contributed by atoms with van der Waals surface area (Å²) in [5.74, 6) is 0.666. The van der Waals surface area contributed by atoms with Gasteiger partial charge >= 0.3 is 5.97 Å². The van der Waals surface area contributed by atoms with Crippen molar-refractivity contribution in [3.63, 3.8) is 0 Å². The summed E-state index contributed by atoms with van der Waals surface area (Å²) in [4.78, 5) is 16.1. The molecular weight excluding hydrogens is 306 g/mol. The zero-order valence-electron chi connectivity index (χ0n) is 13.6. The summed E-state index contributed by atoms with van der Waals surface area (Å²) in [6.45, 7) is 2.24. The highest BCUT2D eigenvalue weighted by Gasteiger charge is 2.35. The summed E-state index contributed by atoms with van der Waals surface area (Å²) in [6.07, 6.45) is -0.366. The number of carbonyl (C=O) groups excluding carboxylic acids is 1. The summed E-state index contributed by atoms with van der Waals surface area (Å²) < 4.78 is 16.4. The second-order valence-corrected chi connectivity index (χ2v) is 5.50. The van der Waals surface area contributed by atoms with Gasteiger partial charge < -0.3 is 14.2 Å². The minimum absolute atomic E-state index is 0.366. The molecule has 24 heavy (non-hydrogen) atoms. The monoisotopic (exact) mass is 325 g/mol. The molecule has 2 aromatic rings. The summed E-state index contributed by atoms with van der Waals surface area (Å²) in [5, 5.41) is 0. The highest BCUT2D eigenvalue weighted by molar-refractivity contribution is 6.00. The van der Waals surface area contributed by atoms with E-state index in [0.717, 1.165) is 11.1 Å². The van der Waals surface area contributed by atoms with Gasteiger partial charge in [-0.1, -0.05) is 42.5 Å². The van der Waals surface area contributed by atoms with Crippen LogP contribution in [0, 0.1) is 0 Å². The van der Waals surface area contributed by atoms with Crippen molar-refractivity contribution in [1.29, 1.82) is 0 Å². The topological polar surface area (TPSA) is 57.1 Å². The molecule has 0 saturated carbocycles. The molecule has 3 rings (SSSR count). The first-order chi connectivity index (χ1) is 11.7. The van der Waals surface area contributed by atoms with Crippen molar-refractivity contribution >= 4 is 11.9 Å². The highest BCUT2D eigenvalue weighted by Crippen LogP contribution is 2.26. The van der Waals surface area contributed by atoms with E-state index in [0.29, 0.717) is 18.3 Å². The molecule has 0 aromatic heterocycles. The molecule has 124 valence electrons. The lowest BCUT2D eigenvalue weighted by Gasteiger charge is -2.13. The lowest BCUT2D eigenvalue weighted by atomic mass is 10.2. The van der Waals surface area contributed by atoms with Crippen LogP contribution in [0.3, 0.4) is 0 Å². The van der Waals surface area contributed by atoms with Gasteiger partial charge in [0, 0.05) is 0 Å². The van der Waals surface area contributed by atoms with Crippen LogP contribution in [-0.4, -0.2) is 31.1 Å². The maximum Gasteiger partial charge on any atom is 0.334 e. The molecule has 2 aromatic carbocycles. The number of ether oxygens (including phenoxy) is 3. The Morgan fingerprint density at radius 3 is 2.58 bits per heavy atom. The zero-order chi connectivity index (χ0) is 16.9. The molecule has 0 fully saturated rings. The summed E-state index contributed by atoms with van der Waals surface area (Å²) >= 11 is 0. The fourth-order valence-corrected chi connectivity index (χ4v) is 2.50. The predicted molar refractivity (Wildman–Crippen MR) is 90.1 cm³/mol. The standard InChI is InChI=1S/C19H19NO4/c1-13-17(19(21)22-2)20-18(24-13)15-10-6-7-11-16(15)23-12-14-8-4-3-5-9-14/h3-11,13,17H,12H2,1-2H3/t13-,17-/m0/s1. The third-order valence-corrected chi connectivity index (χ3v) is 3.80. The molecule has 0 amide bonds. The molecule has 0 bridgehead atoms. The van der Waals surface area contributed by atoms with Crippen LogP contribution in [0.15, 0.2) is 59.6 Å². The van der Waals surface area contributed by atoms with Crippen LogP contribution in [0.4, 0.5) is 0 Å². The van der Waals surface area contributed by atoms with Gasteiger partial charge in [0.1, 0.15) is 18.5 Å². The van der Waals surface area contributed by atoms with E-state index in [2.05, 4.69) is 4.99 Å². The van der Waals surface area contributed by atoms with Gasteiger partial charge in [0.05, 0.1) is 12.7 Å². The van der Waals surface area contributed by atoms with E-state index in [-0.39, 0.29) is 6.10 Å². The van der Waals surface area contributed by atoms with Gasteiger partial charge in [-0.3, -0.25) is 0 Å². The van der Waals surface area contributed by atoms with Crippen LogP contribution >= 0.6 is 0 Å². The Morgan fingerprint density at radius 2 is 1.83 bits per heavy atom. The summed E-state index contributed by atoms with van der Waals surface area (Å²) in [7, 11) is 1.35. The van der Waals surface area contributed by atoms with Crippen molar-refractivity contribution in [2.75, 3.05) is 7.11 Å². The molecule has 0 radical (unpaired) electrons. The van der Waals surface area contributed by atoms with Crippen molar-refractivity contribution in [2.45, 2.75) is 25.7 Å². The van der Waals surface area contributed by atoms with E-state index in [1.165, 1.54) is 7.11 Å². The van der Waals surface area contributed by atoms with Gasteiger partial charge in [0.25, 0.3) is 0 Å². The quantitative estimate of drug-likeness (QED) is 0.793. The lowest BCUT2D eigenvalue weighted by molar-refractivity contribution is -0.143. The number of methoxy groups -OCH3 is 1. The molecule has 1 aliphatic rings. The SMILES string of the molecule is COC(=O)[C@H]1N=C(c2ccccc2OCc2ccccc2)O[C@H]1C. The zero-order valence-corrected chi connectivity index (χ0v) is 13.6. The average Bonchev–Trinajstić information content (AvgIpc) is 3.02. The Bertz CT molecular complexity index is 742. The van der Waals surface area contributed by atoms with Crippen LogP contribution in [0.25, 0.3) is 0 Å². The maximum atomic E-state index is 11.8. The second kappa shape index (κ2) is 7.17. The van der Waals surface area contributed by atoms with E-state index < -0.39 is 12.0 Å². The van der Waals surface area contributed by atoms with E-state index in [9.17, 15) is 4.79 Å². The first-order valence-corrected chi connectivity index (χ1v) is 7.77. The highest BCUT2D eigenvalue weighted by atomic mass is 16.5. The molecule has 2 atom stereocenters. The molecule has 1 aliphatic heterocycles. The van der Waals surface area contributed by atoms with E-state index >= 15 is 0 Å².